The van der Waals surface area contributed by atoms with Crippen LogP contribution in [0.5, 0.6) is 0 Å². The Morgan fingerprint density at radius 3 is 2.44 bits per heavy atom. The Hall–Kier alpha value is -0.0800. The maximum Gasteiger partial charge on any atom is 0.191 e. The summed E-state index contributed by atoms with van der Waals surface area (Å²) < 4.78 is 10.2. The third-order valence-electron chi connectivity index (χ3n) is 1.93. The summed E-state index contributed by atoms with van der Waals surface area (Å²) in [5.41, 5.74) is 0. The van der Waals surface area contributed by atoms with Crippen LogP contribution >= 0.6 is 24.0 Å². The van der Waals surface area contributed by atoms with Crippen molar-refractivity contribution in [2.24, 2.45) is 10.9 Å². The molecule has 0 aliphatic rings. The summed E-state index contributed by atoms with van der Waals surface area (Å²) in [6, 6.07) is 0. The van der Waals surface area contributed by atoms with Crippen LogP contribution in [0.1, 0.15) is 20.8 Å². The Bertz CT molecular complexity index is 202. The van der Waals surface area contributed by atoms with E-state index in [0.29, 0.717) is 25.7 Å². The summed E-state index contributed by atoms with van der Waals surface area (Å²) in [4.78, 5) is 4.46. The molecule has 2 N–H and O–H groups in total. The number of rotatable bonds is 9. The highest BCUT2D eigenvalue weighted by molar-refractivity contribution is 14.0. The Morgan fingerprint density at radius 2 is 1.89 bits per heavy atom. The Kier molecular flexibility index (Phi) is 16.8. The van der Waals surface area contributed by atoms with Gasteiger partial charge in [0.1, 0.15) is 0 Å². The normalized spacial score (nSPS) is 11.3. The number of aliphatic imine (C=N–C) groups is 1. The van der Waals surface area contributed by atoms with Crippen LogP contribution in [0, 0.1) is 5.92 Å². The van der Waals surface area contributed by atoms with Crippen molar-refractivity contribution < 1.29 is 9.47 Å². The molecule has 0 amide bonds. The van der Waals surface area contributed by atoms with E-state index in [2.05, 4.69) is 36.4 Å². The number of halogens is 1. The molecule has 0 radical (unpaired) electrons. The van der Waals surface area contributed by atoms with E-state index >= 15 is 0 Å². The van der Waals surface area contributed by atoms with E-state index in [0.717, 1.165) is 25.6 Å². The van der Waals surface area contributed by atoms with Crippen molar-refractivity contribution in [3.63, 3.8) is 0 Å². The molecular formula is C12H28IN3O2. The fraction of sp³-hybridized carbons (Fsp3) is 0.917. The molecule has 0 bridgehead atoms. The van der Waals surface area contributed by atoms with Crippen LogP contribution in [0.25, 0.3) is 0 Å². The summed E-state index contributed by atoms with van der Waals surface area (Å²) in [5, 5.41) is 6.42. The quantitative estimate of drug-likeness (QED) is 0.278. The highest BCUT2D eigenvalue weighted by atomic mass is 127. The average molecular weight is 373 g/mol. The minimum atomic E-state index is 0. The molecule has 0 heterocycles. The Morgan fingerprint density at radius 1 is 1.17 bits per heavy atom. The number of nitrogens with one attached hydrogen (secondary N) is 2. The molecule has 0 saturated heterocycles. The maximum atomic E-state index is 5.36. The number of hydrogen-bond donors (Lipinski definition) is 2. The predicted molar refractivity (Wildman–Crippen MR) is 86.9 cm³/mol. The molecule has 18 heavy (non-hydrogen) atoms. The largest absolute Gasteiger partial charge is 0.382 e. The lowest BCUT2D eigenvalue weighted by Crippen LogP contribution is -2.39. The SMILES string of the molecule is CCNC(=NCC(C)C)NCCOCCOC.I. The fourth-order valence-electron chi connectivity index (χ4n) is 1.10. The molecule has 0 aliphatic heterocycles. The van der Waals surface area contributed by atoms with Crippen LogP contribution in [0.3, 0.4) is 0 Å². The van der Waals surface area contributed by atoms with Gasteiger partial charge in [0.2, 0.25) is 0 Å². The highest BCUT2D eigenvalue weighted by Crippen LogP contribution is 1.91. The predicted octanol–water partition coefficient (Wildman–Crippen LogP) is 1.48. The molecule has 0 aliphatic carbocycles. The third-order valence-corrected chi connectivity index (χ3v) is 1.93. The minimum Gasteiger partial charge on any atom is -0.382 e. The van der Waals surface area contributed by atoms with Gasteiger partial charge in [-0.05, 0) is 12.8 Å². The van der Waals surface area contributed by atoms with Gasteiger partial charge < -0.3 is 20.1 Å². The maximum absolute atomic E-state index is 5.36. The van der Waals surface area contributed by atoms with Crippen LogP contribution in [0.2, 0.25) is 0 Å². The number of hydrogen-bond acceptors (Lipinski definition) is 3. The molecule has 0 fully saturated rings. The Balaban J connectivity index is 0. The van der Waals surface area contributed by atoms with Crippen LogP contribution in [-0.4, -0.2) is 52.5 Å². The van der Waals surface area contributed by atoms with E-state index in [-0.39, 0.29) is 24.0 Å². The third kappa shape index (κ3) is 14.0. The fourth-order valence-corrected chi connectivity index (χ4v) is 1.10. The molecular weight excluding hydrogens is 345 g/mol. The van der Waals surface area contributed by atoms with Crippen molar-refractivity contribution in [3.8, 4) is 0 Å². The van der Waals surface area contributed by atoms with Crippen molar-refractivity contribution in [1.29, 1.82) is 0 Å². The van der Waals surface area contributed by atoms with Gasteiger partial charge in [-0.1, -0.05) is 13.8 Å². The Labute approximate surface area is 128 Å². The van der Waals surface area contributed by atoms with Crippen LogP contribution < -0.4 is 10.6 Å². The van der Waals surface area contributed by atoms with Gasteiger partial charge in [-0.25, -0.2) is 0 Å². The first-order chi connectivity index (χ1) is 8.20. The number of ether oxygens (including phenoxy) is 2. The van der Waals surface area contributed by atoms with Gasteiger partial charge in [-0.3, -0.25) is 4.99 Å². The molecule has 0 atom stereocenters. The monoisotopic (exact) mass is 373 g/mol. The van der Waals surface area contributed by atoms with E-state index in [1.165, 1.54) is 0 Å². The molecule has 0 unspecified atom stereocenters. The number of nitrogens with zero attached hydrogens (tertiary/aromatic N) is 1. The molecule has 6 heteroatoms. The standard InChI is InChI=1S/C12H27N3O2.HI/c1-5-13-12(15-10-11(2)3)14-6-7-17-9-8-16-4;/h11H,5-10H2,1-4H3,(H2,13,14,15);1H. The first-order valence-corrected chi connectivity index (χ1v) is 6.29. The molecule has 0 aromatic heterocycles. The zero-order valence-corrected chi connectivity index (χ0v) is 14.3. The summed E-state index contributed by atoms with van der Waals surface area (Å²) in [6.07, 6.45) is 0. The van der Waals surface area contributed by atoms with E-state index in [1.54, 1.807) is 7.11 Å². The van der Waals surface area contributed by atoms with E-state index in [4.69, 9.17) is 9.47 Å². The molecule has 110 valence electrons. The zero-order valence-electron chi connectivity index (χ0n) is 12.0. The topological polar surface area (TPSA) is 54.9 Å². The summed E-state index contributed by atoms with van der Waals surface area (Å²) >= 11 is 0. The summed E-state index contributed by atoms with van der Waals surface area (Å²) in [5.74, 6) is 1.43. The van der Waals surface area contributed by atoms with Gasteiger partial charge in [0.05, 0.1) is 19.8 Å². The lowest BCUT2D eigenvalue weighted by atomic mass is 10.2. The molecule has 5 nitrogen and oxygen atoms in total. The second-order valence-corrected chi connectivity index (χ2v) is 4.15. The van der Waals surface area contributed by atoms with E-state index in [9.17, 15) is 0 Å². The first-order valence-electron chi connectivity index (χ1n) is 6.29. The van der Waals surface area contributed by atoms with Gasteiger partial charge in [0.25, 0.3) is 0 Å². The second kappa shape index (κ2) is 15.0. The second-order valence-electron chi connectivity index (χ2n) is 4.15. The van der Waals surface area contributed by atoms with Crippen molar-refractivity contribution in [3.05, 3.63) is 0 Å². The van der Waals surface area contributed by atoms with Gasteiger partial charge >= 0.3 is 0 Å². The van der Waals surface area contributed by atoms with E-state index < -0.39 is 0 Å². The summed E-state index contributed by atoms with van der Waals surface area (Å²) in [7, 11) is 1.67. The van der Waals surface area contributed by atoms with Crippen molar-refractivity contribution in [2.75, 3.05) is 46.6 Å². The lowest BCUT2D eigenvalue weighted by Gasteiger charge is -2.12. The van der Waals surface area contributed by atoms with Crippen molar-refractivity contribution in [1.82, 2.24) is 10.6 Å². The lowest BCUT2D eigenvalue weighted by molar-refractivity contribution is 0.0733. The average Bonchev–Trinajstić information content (AvgIpc) is 2.30. The van der Waals surface area contributed by atoms with Gasteiger partial charge in [-0.2, -0.15) is 0 Å². The van der Waals surface area contributed by atoms with Crippen LogP contribution in [0.15, 0.2) is 4.99 Å². The minimum absolute atomic E-state index is 0. The number of guanidine groups is 1. The van der Waals surface area contributed by atoms with Crippen molar-refractivity contribution in [2.45, 2.75) is 20.8 Å². The smallest absolute Gasteiger partial charge is 0.191 e. The van der Waals surface area contributed by atoms with Crippen LogP contribution in [0.4, 0.5) is 0 Å². The molecule has 0 saturated carbocycles. The van der Waals surface area contributed by atoms with Crippen molar-refractivity contribution >= 4 is 29.9 Å². The van der Waals surface area contributed by atoms with E-state index in [1.807, 2.05) is 0 Å². The molecule has 0 aromatic carbocycles. The summed E-state index contributed by atoms with van der Waals surface area (Å²) in [6.45, 7) is 10.8. The van der Waals surface area contributed by atoms with Gasteiger partial charge in [-0.15, -0.1) is 24.0 Å². The van der Waals surface area contributed by atoms with Gasteiger partial charge in [0, 0.05) is 26.7 Å². The first kappa shape index (κ1) is 20.2. The molecule has 0 rings (SSSR count). The van der Waals surface area contributed by atoms with Gasteiger partial charge in [0.15, 0.2) is 5.96 Å². The molecule has 0 aromatic rings. The van der Waals surface area contributed by atoms with Crippen LogP contribution in [-0.2, 0) is 9.47 Å². The molecule has 0 spiro atoms. The zero-order chi connectivity index (χ0) is 12.9. The highest BCUT2D eigenvalue weighted by Gasteiger charge is 1.97. The number of methoxy groups -OCH3 is 1.